The van der Waals surface area contributed by atoms with Gasteiger partial charge in [0.2, 0.25) is 5.95 Å². The zero-order valence-corrected chi connectivity index (χ0v) is 20.7. The van der Waals surface area contributed by atoms with E-state index in [0.717, 1.165) is 54.1 Å². The van der Waals surface area contributed by atoms with E-state index in [-0.39, 0.29) is 0 Å². The second-order valence-electron chi connectivity index (χ2n) is 8.83. The van der Waals surface area contributed by atoms with Crippen molar-refractivity contribution in [3.8, 4) is 22.1 Å². The van der Waals surface area contributed by atoms with Crippen LogP contribution in [0.15, 0.2) is 36.5 Å². The Kier molecular flexibility index (Phi) is 6.82. The molecule has 1 N–H and O–H groups in total. The maximum atomic E-state index is 5.54. The summed E-state index contributed by atoms with van der Waals surface area (Å²) in [6, 6.07) is 10.4. The molecule has 5 rings (SSSR count). The van der Waals surface area contributed by atoms with Gasteiger partial charge in [0.15, 0.2) is 11.6 Å². The number of likely N-dealkylation sites (N-methyl/N-ethyl adjacent to an activating group) is 2. The third-order valence-corrected chi connectivity index (χ3v) is 6.95. The Morgan fingerprint density at radius 3 is 2.65 bits per heavy atom. The Morgan fingerprint density at radius 1 is 1.00 bits per heavy atom. The molecule has 10 heteroatoms. The summed E-state index contributed by atoms with van der Waals surface area (Å²) >= 11 is 1.74. The molecule has 0 saturated carbocycles. The Morgan fingerprint density at radius 2 is 1.82 bits per heavy atom. The average Bonchev–Trinajstić information content (AvgIpc) is 3.52. The lowest BCUT2D eigenvalue weighted by Crippen LogP contribution is -2.37. The van der Waals surface area contributed by atoms with Crippen LogP contribution in [0.2, 0.25) is 0 Å². The predicted molar refractivity (Wildman–Crippen MR) is 136 cm³/mol. The van der Waals surface area contributed by atoms with E-state index < -0.39 is 0 Å². The normalized spacial score (nSPS) is 14.6. The van der Waals surface area contributed by atoms with Crippen LogP contribution in [0.3, 0.4) is 0 Å². The summed E-state index contributed by atoms with van der Waals surface area (Å²) in [7, 11) is 6.36. The topological polar surface area (TPSA) is 86.3 Å². The van der Waals surface area contributed by atoms with E-state index in [2.05, 4.69) is 58.2 Å². The molecule has 1 fully saturated rings. The van der Waals surface area contributed by atoms with Crippen molar-refractivity contribution in [2.24, 2.45) is 0 Å². The molecular formula is C24H30N8OS. The molecule has 1 aliphatic rings. The first-order valence-electron chi connectivity index (χ1n) is 11.5. The molecule has 1 aliphatic heterocycles. The van der Waals surface area contributed by atoms with Gasteiger partial charge in [-0.05, 0) is 39.3 Å². The van der Waals surface area contributed by atoms with Gasteiger partial charge >= 0.3 is 0 Å². The van der Waals surface area contributed by atoms with Gasteiger partial charge in [0.05, 0.1) is 29.8 Å². The summed E-state index contributed by atoms with van der Waals surface area (Å²) in [5, 5.41) is 8.25. The Bertz CT molecular complexity index is 1250. The molecule has 4 heterocycles. The molecular weight excluding hydrogens is 448 g/mol. The van der Waals surface area contributed by atoms with Crippen LogP contribution in [0.1, 0.15) is 4.88 Å². The number of aromatic amines is 1. The van der Waals surface area contributed by atoms with Crippen molar-refractivity contribution in [1.29, 1.82) is 0 Å². The Balaban J connectivity index is 1.49. The number of nitrogens with one attached hydrogen (secondary N) is 1. The number of ether oxygens (including phenoxy) is 1. The van der Waals surface area contributed by atoms with Gasteiger partial charge in [0, 0.05) is 48.6 Å². The molecule has 0 amide bonds. The summed E-state index contributed by atoms with van der Waals surface area (Å²) in [5.74, 6) is 2.07. The van der Waals surface area contributed by atoms with Crippen molar-refractivity contribution in [1.82, 2.24) is 34.9 Å². The highest BCUT2D eigenvalue weighted by Gasteiger charge is 2.20. The maximum absolute atomic E-state index is 5.54. The van der Waals surface area contributed by atoms with Crippen molar-refractivity contribution in [3.05, 3.63) is 41.4 Å². The van der Waals surface area contributed by atoms with E-state index in [4.69, 9.17) is 19.7 Å². The Labute approximate surface area is 203 Å². The molecule has 0 bridgehead atoms. The van der Waals surface area contributed by atoms with Crippen molar-refractivity contribution in [2.45, 2.75) is 6.54 Å². The number of aromatic nitrogens is 5. The van der Waals surface area contributed by atoms with E-state index in [9.17, 15) is 0 Å². The highest BCUT2D eigenvalue weighted by atomic mass is 32.1. The van der Waals surface area contributed by atoms with E-state index >= 15 is 0 Å². The second kappa shape index (κ2) is 10.1. The molecule has 0 atom stereocenters. The van der Waals surface area contributed by atoms with Gasteiger partial charge in [-0.2, -0.15) is 15.1 Å². The number of H-pyrrole nitrogens is 1. The van der Waals surface area contributed by atoms with E-state index in [1.807, 2.05) is 24.4 Å². The van der Waals surface area contributed by atoms with Crippen molar-refractivity contribution in [2.75, 3.05) is 65.4 Å². The standard InChI is InChI=1S/C24H30N8OS/c1-30(2)9-10-31(3)16-17-7-8-21(34-17)23-26-22(18-5-4-6-20-19(18)15-25-29-20)27-24(28-23)32-11-13-33-14-12-32/h4-8,15H,9-14,16H2,1-3H3,(H,25,29). The van der Waals surface area contributed by atoms with Gasteiger partial charge in [-0.15, -0.1) is 11.3 Å². The number of rotatable bonds is 8. The highest BCUT2D eigenvalue weighted by Crippen LogP contribution is 2.31. The predicted octanol–water partition coefficient (Wildman–Crippen LogP) is 2.97. The Hall–Kier alpha value is -2.92. The molecule has 34 heavy (non-hydrogen) atoms. The van der Waals surface area contributed by atoms with Crippen LogP contribution < -0.4 is 4.90 Å². The van der Waals surface area contributed by atoms with E-state index in [0.29, 0.717) is 30.8 Å². The highest BCUT2D eigenvalue weighted by molar-refractivity contribution is 7.15. The van der Waals surface area contributed by atoms with E-state index in [1.54, 1.807) is 11.3 Å². The number of hydrogen-bond acceptors (Lipinski definition) is 9. The first kappa shape index (κ1) is 22.9. The lowest BCUT2D eigenvalue weighted by molar-refractivity contribution is 0.122. The second-order valence-corrected chi connectivity index (χ2v) is 9.99. The quantitative estimate of drug-likeness (QED) is 0.414. The number of morpholine rings is 1. The minimum atomic E-state index is 0.663. The van der Waals surface area contributed by atoms with Crippen LogP contribution in [-0.2, 0) is 11.3 Å². The van der Waals surface area contributed by atoms with Gasteiger partial charge in [-0.3, -0.25) is 5.10 Å². The summed E-state index contributed by atoms with van der Waals surface area (Å²) in [5.41, 5.74) is 1.91. The fourth-order valence-corrected chi connectivity index (χ4v) is 4.98. The number of hydrogen-bond donors (Lipinski definition) is 1. The van der Waals surface area contributed by atoms with Crippen molar-refractivity contribution < 1.29 is 4.74 Å². The van der Waals surface area contributed by atoms with Crippen LogP contribution in [0.4, 0.5) is 5.95 Å². The zero-order chi connectivity index (χ0) is 23.5. The molecule has 0 radical (unpaired) electrons. The third kappa shape index (κ3) is 5.10. The molecule has 1 aromatic carbocycles. The summed E-state index contributed by atoms with van der Waals surface area (Å²) < 4.78 is 5.54. The summed E-state index contributed by atoms with van der Waals surface area (Å²) in [6.45, 7) is 5.85. The zero-order valence-electron chi connectivity index (χ0n) is 19.9. The van der Waals surface area contributed by atoms with Crippen LogP contribution in [-0.4, -0.2) is 95.5 Å². The molecule has 0 unspecified atom stereocenters. The van der Waals surface area contributed by atoms with Gasteiger partial charge in [-0.1, -0.05) is 12.1 Å². The molecule has 0 spiro atoms. The maximum Gasteiger partial charge on any atom is 0.229 e. The smallest absolute Gasteiger partial charge is 0.229 e. The number of anilines is 1. The van der Waals surface area contributed by atoms with Crippen LogP contribution in [0.25, 0.3) is 33.0 Å². The monoisotopic (exact) mass is 478 g/mol. The van der Waals surface area contributed by atoms with Crippen molar-refractivity contribution in [3.63, 3.8) is 0 Å². The average molecular weight is 479 g/mol. The first-order valence-corrected chi connectivity index (χ1v) is 12.3. The molecule has 4 aromatic rings. The summed E-state index contributed by atoms with van der Waals surface area (Å²) in [6.07, 6.45) is 1.83. The van der Waals surface area contributed by atoms with Gasteiger partial charge < -0.3 is 19.4 Å². The van der Waals surface area contributed by atoms with Gasteiger partial charge in [0.1, 0.15) is 0 Å². The van der Waals surface area contributed by atoms with Gasteiger partial charge in [0.25, 0.3) is 0 Å². The largest absolute Gasteiger partial charge is 0.378 e. The number of benzene rings is 1. The first-order chi connectivity index (χ1) is 16.6. The molecule has 3 aromatic heterocycles. The molecule has 178 valence electrons. The molecule has 1 saturated heterocycles. The molecule has 0 aliphatic carbocycles. The SMILES string of the molecule is CN(C)CCN(C)Cc1ccc(-c2nc(-c3cccc4[nH]ncc34)nc(N3CCOCC3)n2)s1. The van der Waals surface area contributed by atoms with Crippen molar-refractivity contribution >= 4 is 28.2 Å². The van der Waals surface area contributed by atoms with Crippen LogP contribution in [0.5, 0.6) is 0 Å². The third-order valence-electron chi connectivity index (χ3n) is 5.88. The lowest BCUT2D eigenvalue weighted by Gasteiger charge is -2.27. The fourth-order valence-electron chi connectivity index (χ4n) is 3.96. The number of fused-ring (bicyclic) bond motifs is 1. The fraction of sp³-hybridized carbons (Fsp3) is 0.417. The minimum Gasteiger partial charge on any atom is -0.378 e. The molecule has 9 nitrogen and oxygen atoms in total. The number of nitrogens with zero attached hydrogens (tertiary/aromatic N) is 7. The van der Waals surface area contributed by atoms with Gasteiger partial charge in [-0.25, -0.2) is 4.98 Å². The lowest BCUT2D eigenvalue weighted by atomic mass is 10.1. The van der Waals surface area contributed by atoms with Crippen LogP contribution in [0, 0.1) is 0 Å². The van der Waals surface area contributed by atoms with E-state index in [1.165, 1.54) is 4.88 Å². The number of thiophene rings is 1. The summed E-state index contributed by atoms with van der Waals surface area (Å²) in [4.78, 5) is 23.8. The minimum absolute atomic E-state index is 0.663. The van der Waals surface area contributed by atoms with Crippen LogP contribution >= 0.6 is 11.3 Å².